The molecule has 144 valence electrons. The number of aromatic nitrogens is 1. The molecule has 1 aromatic heterocycles. The van der Waals surface area contributed by atoms with E-state index >= 15 is 0 Å². The molecule has 1 aliphatic heterocycles. The van der Waals surface area contributed by atoms with Gasteiger partial charge in [0.2, 0.25) is 0 Å². The number of fused-ring (bicyclic) bond motifs is 2. The lowest BCUT2D eigenvalue weighted by Crippen LogP contribution is -2.23. The molecule has 28 heavy (non-hydrogen) atoms. The Morgan fingerprint density at radius 2 is 2.07 bits per heavy atom. The number of carbonyl (C=O) groups excluding carboxylic acids is 1. The second-order valence-corrected chi connectivity index (χ2v) is 8.10. The maximum Gasteiger partial charge on any atom is 0.258 e. The molecule has 1 amide bonds. The predicted octanol–water partition coefficient (Wildman–Crippen LogP) is 4.93. The number of benzene rings is 2. The van der Waals surface area contributed by atoms with Crippen molar-refractivity contribution in [2.24, 2.45) is 0 Å². The summed E-state index contributed by atoms with van der Waals surface area (Å²) in [5, 5.41) is 1.65. The van der Waals surface area contributed by atoms with E-state index in [2.05, 4.69) is 18.8 Å². The Hall–Kier alpha value is -2.01. The van der Waals surface area contributed by atoms with Gasteiger partial charge < -0.3 is 13.7 Å². The van der Waals surface area contributed by atoms with Crippen LogP contribution in [0.5, 0.6) is 5.75 Å². The maximum atomic E-state index is 13.3. The van der Waals surface area contributed by atoms with Crippen molar-refractivity contribution < 1.29 is 9.32 Å². The summed E-state index contributed by atoms with van der Waals surface area (Å²) >= 11 is 7.58. The Kier molecular flexibility index (Phi) is 5.37. The predicted molar refractivity (Wildman–Crippen MR) is 119 cm³/mol. The molecule has 1 atom stereocenters. The Bertz CT molecular complexity index is 1060. The summed E-state index contributed by atoms with van der Waals surface area (Å²) in [4.78, 5) is 19.6. The van der Waals surface area contributed by atoms with Crippen LogP contribution in [-0.4, -0.2) is 29.1 Å². The third-order valence-corrected chi connectivity index (χ3v) is 6.15. The van der Waals surface area contributed by atoms with E-state index in [1.54, 1.807) is 18.1 Å². The van der Waals surface area contributed by atoms with Crippen molar-refractivity contribution in [1.82, 2.24) is 9.88 Å². The van der Waals surface area contributed by atoms with E-state index in [4.69, 9.17) is 16.1 Å². The van der Waals surface area contributed by atoms with Crippen LogP contribution in [0.25, 0.3) is 10.9 Å². The van der Waals surface area contributed by atoms with Gasteiger partial charge in [-0.25, -0.2) is 0 Å². The molecule has 0 spiro atoms. The van der Waals surface area contributed by atoms with Crippen molar-refractivity contribution in [2.45, 2.75) is 13.1 Å². The average molecular weight is 432 g/mol. The molecule has 4 rings (SSSR count). The summed E-state index contributed by atoms with van der Waals surface area (Å²) in [6, 6.07) is 11.5. The van der Waals surface area contributed by atoms with Crippen LogP contribution in [0.1, 0.15) is 21.5 Å². The molecule has 2 heterocycles. The van der Waals surface area contributed by atoms with E-state index < -0.39 is 0 Å². The highest BCUT2D eigenvalue weighted by atomic mass is 35.5. The highest BCUT2D eigenvalue weighted by Crippen LogP contribution is 2.46. The summed E-state index contributed by atoms with van der Waals surface area (Å²) in [5.74, 6) is 0.461. The van der Waals surface area contributed by atoms with Gasteiger partial charge in [0.1, 0.15) is 5.52 Å². The molecule has 1 aliphatic rings. The van der Waals surface area contributed by atoms with Crippen LogP contribution in [0.4, 0.5) is 5.69 Å². The monoisotopic (exact) mass is 431 g/mol. The number of amides is 1. The van der Waals surface area contributed by atoms with Crippen LogP contribution in [-0.2, 0) is 13.1 Å². The molecule has 0 saturated carbocycles. The van der Waals surface area contributed by atoms with Crippen LogP contribution in [0.2, 0.25) is 5.02 Å². The van der Waals surface area contributed by atoms with Crippen LogP contribution in [0.3, 0.4) is 0 Å². The Morgan fingerprint density at radius 1 is 1.32 bits per heavy atom. The minimum Gasteiger partial charge on any atom is -0.477 e. The Labute approximate surface area is 175 Å². The number of rotatable bonds is 5. The van der Waals surface area contributed by atoms with Crippen molar-refractivity contribution in [1.29, 1.82) is 0 Å². The maximum absolute atomic E-state index is 13.3. The summed E-state index contributed by atoms with van der Waals surface area (Å²) in [7, 11) is 4.26. The zero-order valence-corrected chi connectivity index (χ0v) is 18.2. The van der Waals surface area contributed by atoms with E-state index in [0.29, 0.717) is 34.9 Å². The number of carbonyl (C=O) groups is 1. The number of hydrogen-bond donors (Lipinski definition) is 0. The molecular weight excluding hydrogens is 413 g/mol. The molecule has 8 heteroatoms. The average Bonchev–Trinajstić information content (AvgIpc) is 3.03. The first-order chi connectivity index (χ1) is 13.5. The number of pyridine rings is 1. The van der Waals surface area contributed by atoms with E-state index in [-0.39, 0.29) is 5.91 Å². The van der Waals surface area contributed by atoms with Crippen LogP contribution in [0.15, 0.2) is 42.6 Å². The van der Waals surface area contributed by atoms with E-state index in [1.807, 2.05) is 54.6 Å². The second-order valence-electron chi connectivity index (χ2n) is 6.52. The summed E-state index contributed by atoms with van der Waals surface area (Å²) in [6.45, 7) is 1.02. The van der Waals surface area contributed by atoms with Gasteiger partial charge >= 0.3 is 0 Å². The quantitative estimate of drug-likeness (QED) is 0.423. The van der Waals surface area contributed by atoms with E-state index in [0.717, 1.165) is 22.2 Å². The van der Waals surface area contributed by atoms with Gasteiger partial charge in [-0.2, -0.15) is 0 Å². The summed E-state index contributed by atoms with van der Waals surface area (Å²) in [6.07, 6.45) is 3.73. The minimum absolute atomic E-state index is 0.0503. The van der Waals surface area contributed by atoms with Gasteiger partial charge in [0.25, 0.3) is 5.91 Å². The van der Waals surface area contributed by atoms with E-state index in [9.17, 15) is 4.79 Å². The molecule has 0 saturated heterocycles. The van der Waals surface area contributed by atoms with Crippen molar-refractivity contribution in [3.05, 3.63) is 64.3 Å². The number of anilines is 1. The van der Waals surface area contributed by atoms with Gasteiger partial charge in [-0.3, -0.25) is 9.78 Å². The van der Waals surface area contributed by atoms with Gasteiger partial charge in [-0.1, -0.05) is 35.7 Å². The lowest BCUT2D eigenvalue weighted by atomic mass is 10.0. The largest absolute Gasteiger partial charge is 0.477 e. The fourth-order valence-electron chi connectivity index (χ4n) is 3.62. The molecule has 2 aromatic carbocycles. The lowest BCUT2D eigenvalue weighted by Gasteiger charge is -2.22. The Balaban J connectivity index is 1.86. The lowest BCUT2D eigenvalue weighted by molar-refractivity contribution is 0.0765. The smallest absolute Gasteiger partial charge is 0.258 e. The van der Waals surface area contributed by atoms with Crippen LogP contribution < -0.4 is 8.83 Å². The fraction of sp³-hybridized carbons (Fsp3) is 0.200. The number of hydrogen-bond acceptors (Lipinski definition) is 5. The zero-order chi connectivity index (χ0) is 19.8. The summed E-state index contributed by atoms with van der Waals surface area (Å²) in [5.41, 5.74) is 4.28. The molecule has 3 aromatic rings. The van der Waals surface area contributed by atoms with Gasteiger partial charge in [0.05, 0.1) is 20.7 Å². The molecule has 0 N–H and O–H groups in total. The van der Waals surface area contributed by atoms with Gasteiger partial charge in [-0.15, -0.1) is 0 Å². The van der Waals surface area contributed by atoms with Gasteiger partial charge in [-0.05, 0) is 29.8 Å². The van der Waals surface area contributed by atoms with Gasteiger partial charge in [0, 0.05) is 48.6 Å². The van der Waals surface area contributed by atoms with Crippen molar-refractivity contribution in [3.63, 3.8) is 0 Å². The van der Waals surface area contributed by atoms with Crippen molar-refractivity contribution >= 4 is 55.5 Å². The molecular formula is C20H19ClN3O2PS. The Morgan fingerprint density at radius 3 is 2.75 bits per heavy atom. The summed E-state index contributed by atoms with van der Waals surface area (Å²) < 4.78 is 7.67. The minimum atomic E-state index is -0.0503. The standard InChI is InChI=1S/C20H19ClN3O2PS/c1-23(28-2)18-14-4-3-9-22-17(14)19(26-27)16-15(18)11-24(20(16)25)10-12-5-7-13(21)8-6-12/h3-9H,10-11,27H2,1-2H3. The molecule has 5 nitrogen and oxygen atoms in total. The first-order valence-corrected chi connectivity index (χ1v) is 10.7. The number of halogens is 1. The fourth-order valence-corrected chi connectivity index (χ4v) is 4.36. The second kappa shape index (κ2) is 7.78. The van der Waals surface area contributed by atoms with Crippen molar-refractivity contribution in [2.75, 3.05) is 17.6 Å². The molecule has 0 radical (unpaired) electrons. The third-order valence-electron chi connectivity index (χ3n) is 4.94. The highest BCUT2D eigenvalue weighted by molar-refractivity contribution is 7.99. The van der Waals surface area contributed by atoms with Gasteiger partial charge in [0.15, 0.2) is 5.75 Å². The molecule has 0 aliphatic carbocycles. The normalized spacial score (nSPS) is 13.1. The molecule has 0 fully saturated rings. The molecule has 0 bridgehead atoms. The van der Waals surface area contributed by atoms with Crippen LogP contribution >= 0.6 is 33.0 Å². The third kappa shape index (κ3) is 3.20. The topological polar surface area (TPSA) is 45.7 Å². The van der Waals surface area contributed by atoms with Crippen LogP contribution in [0, 0.1) is 0 Å². The molecule has 1 unspecified atom stereocenters. The number of nitrogens with zero attached hydrogens (tertiary/aromatic N) is 3. The first kappa shape index (κ1) is 19.3. The first-order valence-electron chi connectivity index (χ1n) is 8.67. The highest BCUT2D eigenvalue weighted by Gasteiger charge is 2.36. The SMILES string of the molecule is CSN(C)c1c2c(c(OP)c3ncccc13)C(=O)N(Cc1ccc(Cl)cc1)C2. The van der Waals surface area contributed by atoms with Crippen molar-refractivity contribution in [3.8, 4) is 5.75 Å². The zero-order valence-electron chi connectivity index (χ0n) is 15.5. The van der Waals surface area contributed by atoms with E-state index in [1.165, 1.54) is 0 Å².